The molecule has 0 bridgehead atoms. The number of fused-ring (bicyclic) bond motifs is 1. The van der Waals surface area contributed by atoms with Crippen LogP contribution in [-0.2, 0) is 11.2 Å². The van der Waals surface area contributed by atoms with Gasteiger partial charge in [0.2, 0.25) is 0 Å². The SMILES string of the molecule is Cc1ccn2c(NC3CCCCC3)c(-c3ccc(OC(=O)Cc4ccccc4)cc3)nc2c1. The first kappa shape index (κ1) is 21.3. The maximum atomic E-state index is 12.3. The molecule has 4 aromatic rings. The molecule has 0 amide bonds. The van der Waals surface area contributed by atoms with Crippen LogP contribution in [0.15, 0.2) is 72.9 Å². The highest BCUT2D eigenvalue weighted by atomic mass is 16.5. The summed E-state index contributed by atoms with van der Waals surface area (Å²) in [4.78, 5) is 17.3. The van der Waals surface area contributed by atoms with Gasteiger partial charge in [-0.1, -0.05) is 49.6 Å². The van der Waals surface area contributed by atoms with Crippen LogP contribution in [0.25, 0.3) is 16.9 Å². The molecule has 0 spiro atoms. The number of esters is 1. The molecule has 5 heteroatoms. The minimum atomic E-state index is -0.267. The van der Waals surface area contributed by atoms with Crippen molar-refractivity contribution in [3.05, 3.63) is 84.1 Å². The van der Waals surface area contributed by atoms with Gasteiger partial charge in [0.05, 0.1) is 6.42 Å². The van der Waals surface area contributed by atoms with Crippen molar-refractivity contribution < 1.29 is 9.53 Å². The molecule has 168 valence electrons. The van der Waals surface area contributed by atoms with Gasteiger partial charge >= 0.3 is 5.97 Å². The summed E-state index contributed by atoms with van der Waals surface area (Å²) in [6.07, 6.45) is 8.58. The molecule has 0 atom stereocenters. The number of imidazole rings is 1. The second-order valence-electron chi connectivity index (χ2n) is 8.88. The number of anilines is 1. The van der Waals surface area contributed by atoms with E-state index in [0.29, 0.717) is 11.8 Å². The third-order valence-corrected chi connectivity index (χ3v) is 6.28. The van der Waals surface area contributed by atoms with Crippen LogP contribution in [0.4, 0.5) is 5.82 Å². The van der Waals surface area contributed by atoms with Crippen molar-refractivity contribution in [1.82, 2.24) is 9.38 Å². The maximum absolute atomic E-state index is 12.3. The molecule has 5 rings (SSSR count). The number of aryl methyl sites for hydroxylation is 1. The summed E-state index contributed by atoms with van der Waals surface area (Å²) in [5, 5.41) is 3.78. The Bertz CT molecular complexity index is 1240. The van der Waals surface area contributed by atoms with Gasteiger partial charge in [-0.2, -0.15) is 0 Å². The van der Waals surface area contributed by atoms with E-state index < -0.39 is 0 Å². The molecular formula is C28H29N3O2. The molecule has 33 heavy (non-hydrogen) atoms. The summed E-state index contributed by atoms with van der Waals surface area (Å²) in [5.74, 6) is 1.31. The van der Waals surface area contributed by atoms with Crippen LogP contribution in [0, 0.1) is 6.92 Å². The number of ether oxygens (including phenoxy) is 1. The van der Waals surface area contributed by atoms with E-state index in [9.17, 15) is 4.79 Å². The van der Waals surface area contributed by atoms with Crippen molar-refractivity contribution in [3.8, 4) is 17.0 Å². The Morgan fingerprint density at radius 1 is 1.03 bits per heavy atom. The molecule has 1 aliphatic rings. The van der Waals surface area contributed by atoms with Crippen molar-refractivity contribution in [3.63, 3.8) is 0 Å². The van der Waals surface area contributed by atoms with Gasteiger partial charge in [-0.15, -0.1) is 0 Å². The molecule has 0 radical (unpaired) electrons. The summed E-state index contributed by atoms with van der Waals surface area (Å²) in [5.41, 5.74) is 4.98. The van der Waals surface area contributed by atoms with Gasteiger partial charge in [0.15, 0.2) is 0 Å². The molecule has 1 fully saturated rings. The Morgan fingerprint density at radius 3 is 2.55 bits per heavy atom. The molecule has 1 aliphatic carbocycles. The van der Waals surface area contributed by atoms with E-state index in [2.05, 4.69) is 35.0 Å². The molecule has 1 saturated carbocycles. The molecular weight excluding hydrogens is 410 g/mol. The van der Waals surface area contributed by atoms with E-state index in [1.165, 1.54) is 37.7 Å². The zero-order valence-electron chi connectivity index (χ0n) is 19.0. The van der Waals surface area contributed by atoms with Gasteiger partial charge in [-0.3, -0.25) is 9.20 Å². The molecule has 2 heterocycles. The van der Waals surface area contributed by atoms with Crippen molar-refractivity contribution in [2.24, 2.45) is 0 Å². The number of hydrogen-bond acceptors (Lipinski definition) is 4. The Hall–Kier alpha value is -3.60. The molecule has 0 aliphatic heterocycles. The van der Waals surface area contributed by atoms with Crippen molar-refractivity contribution in [1.29, 1.82) is 0 Å². The van der Waals surface area contributed by atoms with Gasteiger partial charge in [0.25, 0.3) is 0 Å². The fraction of sp³-hybridized carbons (Fsp3) is 0.286. The standard InChI is InChI=1S/C28H29N3O2/c1-20-16-17-31-25(18-20)30-27(28(31)29-23-10-6-3-7-11-23)22-12-14-24(15-13-22)33-26(32)19-21-8-4-2-5-9-21/h2,4-5,8-9,12-18,23,29H,3,6-7,10-11,19H2,1H3. The lowest BCUT2D eigenvalue weighted by molar-refractivity contribution is -0.133. The molecule has 2 aromatic heterocycles. The van der Waals surface area contributed by atoms with E-state index in [1.54, 1.807) is 0 Å². The van der Waals surface area contributed by atoms with Crippen LogP contribution in [0.3, 0.4) is 0 Å². The second-order valence-corrected chi connectivity index (χ2v) is 8.88. The Balaban J connectivity index is 1.38. The van der Waals surface area contributed by atoms with Crippen LogP contribution in [0.5, 0.6) is 5.75 Å². The number of aromatic nitrogens is 2. The largest absolute Gasteiger partial charge is 0.426 e. The van der Waals surface area contributed by atoms with Crippen LogP contribution in [0.2, 0.25) is 0 Å². The van der Waals surface area contributed by atoms with Crippen LogP contribution < -0.4 is 10.1 Å². The van der Waals surface area contributed by atoms with Crippen molar-refractivity contribution in [2.75, 3.05) is 5.32 Å². The quantitative estimate of drug-likeness (QED) is 0.287. The first-order valence-corrected chi connectivity index (χ1v) is 11.8. The van der Waals surface area contributed by atoms with E-state index in [1.807, 2.05) is 54.6 Å². The molecule has 0 unspecified atom stereocenters. The average Bonchev–Trinajstić information content (AvgIpc) is 3.18. The molecule has 1 N–H and O–H groups in total. The first-order valence-electron chi connectivity index (χ1n) is 11.8. The van der Waals surface area contributed by atoms with Gasteiger partial charge in [-0.05, 0) is 67.3 Å². The second kappa shape index (κ2) is 9.49. The highest BCUT2D eigenvalue weighted by Crippen LogP contribution is 2.32. The highest BCUT2D eigenvalue weighted by Gasteiger charge is 2.20. The van der Waals surface area contributed by atoms with Crippen LogP contribution >= 0.6 is 0 Å². The third-order valence-electron chi connectivity index (χ3n) is 6.28. The minimum Gasteiger partial charge on any atom is -0.426 e. The summed E-state index contributed by atoms with van der Waals surface area (Å²) in [6, 6.07) is 22.0. The molecule has 5 nitrogen and oxygen atoms in total. The van der Waals surface area contributed by atoms with Crippen molar-refractivity contribution in [2.45, 2.75) is 51.5 Å². The van der Waals surface area contributed by atoms with E-state index in [4.69, 9.17) is 9.72 Å². The predicted octanol–water partition coefficient (Wildman–Crippen LogP) is 6.20. The van der Waals surface area contributed by atoms with Gasteiger partial charge < -0.3 is 10.1 Å². The van der Waals surface area contributed by atoms with Gasteiger partial charge in [0, 0.05) is 17.8 Å². The number of nitrogens with zero attached hydrogens (tertiary/aromatic N) is 2. The number of hydrogen-bond donors (Lipinski definition) is 1. The van der Waals surface area contributed by atoms with Crippen LogP contribution in [0.1, 0.15) is 43.2 Å². The average molecular weight is 440 g/mol. The fourth-order valence-corrected chi connectivity index (χ4v) is 4.54. The van der Waals surface area contributed by atoms with Gasteiger partial charge in [-0.25, -0.2) is 4.98 Å². The lowest BCUT2D eigenvalue weighted by Crippen LogP contribution is -2.23. The zero-order chi connectivity index (χ0) is 22.6. The zero-order valence-corrected chi connectivity index (χ0v) is 19.0. The summed E-state index contributed by atoms with van der Waals surface area (Å²) >= 11 is 0. The lowest BCUT2D eigenvalue weighted by atomic mass is 9.95. The predicted molar refractivity (Wildman–Crippen MR) is 132 cm³/mol. The number of pyridine rings is 1. The lowest BCUT2D eigenvalue weighted by Gasteiger charge is -2.24. The van der Waals surface area contributed by atoms with E-state index >= 15 is 0 Å². The number of benzene rings is 2. The summed E-state index contributed by atoms with van der Waals surface area (Å²) in [7, 11) is 0. The van der Waals surface area contributed by atoms with E-state index in [0.717, 1.165) is 28.3 Å². The van der Waals surface area contributed by atoms with Crippen molar-refractivity contribution >= 4 is 17.4 Å². The monoisotopic (exact) mass is 439 g/mol. The minimum absolute atomic E-state index is 0.254. The maximum Gasteiger partial charge on any atom is 0.315 e. The number of carbonyl (C=O) groups is 1. The topological polar surface area (TPSA) is 55.6 Å². The number of nitrogens with one attached hydrogen (secondary N) is 1. The number of rotatable bonds is 6. The normalized spacial score (nSPS) is 14.3. The smallest absolute Gasteiger partial charge is 0.315 e. The fourth-order valence-electron chi connectivity index (χ4n) is 4.54. The molecule has 2 aromatic carbocycles. The molecule has 0 saturated heterocycles. The summed E-state index contributed by atoms with van der Waals surface area (Å²) < 4.78 is 7.70. The first-order chi connectivity index (χ1) is 16.2. The Kier molecular flexibility index (Phi) is 6.11. The Labute approximate surface area is 194 Å². The van der Waals surface area contributed by atoms with E-state index in [-0.39, 0.29) is 12.4 Å². The van der Waals surface area contributed by atoms with Gasteiger partial charge in [0.1, 0.15) is 22.9 Å². The third kappa shape index (κ3) is 4.92. The number of carbonyl (C=O) groups excluding carboxylic acids is 1. The summed E-state index contributed by atoms with van der Waals surface area (Å²) in [6.45, 7) is 2.08. The van der Waals surface area contributed by atoms with Crippen LogP contribution in [-0.4, -0.2) is 21.4 Å². The highest BCUT2D eigenvalue weighted by molar-refractivity contribution is 5.78. The Morgan fingerprint density at radius 2 is 1.79 bits per heavy atom.